The van der Waals surface area contributed by atoms with Crippen LogP contribution in [-0.4, -0.2) is 34.9 Å². The van der Waals surface area contributed by atoms with Gasteiger partial charge in [-0.2, -0.15) is 0 Å². The standard InChI is InChI=1S/C31H22ClFN4O4S/c32-20-9-13-22(14-10-20)34-29(39)26-27(41-26)30(40)37(17-18-5-11-21(33)12-6-18)23-15-7-19(8-16-23)28(38)36-31-35-24-3-1-2-4-25(24)42-31/h1-16,26-27H,17H2,(H,34,39)(H,35,36,38)/t26-,27-/m0/s1. The number of epoxide rings is 1. The van der Waals surface area contributed by atoms with E-state index in [0.717, 1.165) is 10.2 Å². The van der Waals surface area contributed by atoms with Crippen molar-refractivity contribution in [1.82, 2.24) is 4.98 Å². The van der Waals surface area contributed by atoms with Gasteiger partial charge in [0.15, 0.2) is 17.3 Å². The molecule has 8 nitrogen and oxygen atoms in total. The van der Waals surface area contributed by atoms with Crippen LogP contribution in [0, 0.1) is 5.82 Å². The van der Waals surface area contributed by atoms with Gasteiger partial charge in [-0.1, -0.05) is 47.2 Å². The number of hydrogen-bond donors (Lipinski definition) is 2. The van der Waals surface area contributed by atoms with Gasteiger partial charge in [-0.05, 0) is 78.4 Å². The molecule has 2 N–H and O–H groups in total. The minimum atomic E-state index is -1.00. The molecule has 1 fully saturated rings. The highest BCUT2D eigenvalue weighted by Gasteiger charge is 2.52. The van der Waals surface area contributed by atoms with Gasteiger partial charge in [-0.3, -0.25) is 19.7 Å². The van der Waals surface area contributed by atoms with Crippen LogP contribution in [-0.2, 0) is 20.9 Å². The molecule has 0 aliphatic carbocycles. The normalized spacial score (nSPS) is 15.7. The number of thiazole rings is 1. The lowest BCUT2D eigenvalue weighted by Crippen LogP contribution is -2.36. The average Bonchev–Trinajstić information content (AvgIpc) is 3.70. The van der Waals surface area contributed by atoms with Gasteiger partial charge in [0.05, 0.1) is 16.8 Å². The summed E-state index contributed by atoms with van der Waals surface area (Å²) in [6.07, 6.45) is -1.97. The summed E-state index contributed by atoms with van der Waals surface area (Å²) in [5.74, 6) is -1.65. The van der Waals surface area contributed by atoms with Gasteiger partial charge in [-0.25, -0.2) is 9.37 Å². The second kappa shape index (κ2) is 11.7. The zero-order valence-corrected chi connectivity index (χ0v) is 23.4. The number of nitrogens with one attached hydrogen (secondary N) is 2. The van der Waals surface area contributed by atoms with E-state index in [1.807, 2.05) is 24.3 Å². The number of carbonyl (C=O) groups excluding carboxylic acids is 3. The summed E-state index contributed by atoms with van der Waals surface area (Å²) in [4.78, 5) is 45.1. The number of rotatable bonds is 8. The van der Waals surface area contributed by atoms with Gasteiger partial charge in [0.2, 0.25) is 0 Å². The fraction of sp³-hybridized carbons (Fsp3) is 0.0968. The van der Waals surface area contributed by atoms with Crippen molar-refractivity contribution in [2.45, 2.75) is 18.8 Å². The lowest BCUT2D eigenvalue weighted by atomic mass is 10.1. The van der Waals surface area contributed by atoms with Crippen molar-refractivity contribution in [2.75, 3.05) is 15.5 Å². The lowest BCUT2D eigenvalue weighted by Gasteiger charge is -2.23. The molecule has 1 aromatic heterocycles. The molecule has 0 unspecified atom stereocenters. The summed E-state index contributed by atoms with van der Waals surface area (Å²) in [5.41, 5.74) is 2.84. The van der Waals surface area contributed by atoms with Crippen molar-refractivity contribution in [3.63, 3.8) is 0 Å². The Kier molecular flexibility index (Phi) is 7.66. The maximum Gasteiger partial charge on any atom is 0.259 e. The molecule has 4 aromatic carbocycles. The molecule has 0 spiro atoms. The van der Waals surface area contributed by atoms with Crippen molar-refractivity contribution in [3.8, 4) is 0 Å². The molecule has 42 heavy (non-hydrogen) atoms. The Hall–Kier alpha value is -4.64. The number of benzene rings is 4. The van der Waals surface area contributed by atoms with E-state index in [1.54, 1.807) is 60.7 Å². The maximum absolute atomic E-state index is 13.6. The highest BCUT2D eigenvalue weighted by Crippen LogP contribution is 2.30. The van der Waals surface area contributed by atoms with E-state index in [2.05, 4.69) is 15.6 Å². The van der Waals surface area contributed by atoms with Gasteiger partial charge in [0.25, 0.3) is 17.7 Å². The molecule has 6 rings (SSSR count). The molecule has 0 saturated carbocycles. The number of amides is 3. The number of halogens is 2. The van der Waals surface area contributed by atoms with Gasteiger partial charge in [-0.15, -0.1) is 0 Å². The molecule has 3 amide bonds. The number of hydrogen-bond acceptors (Lipinski definition) is 6. The fourth-order valence-electron chi connectivity index (χ4n) is 4.36. The first-order chi connectivity index (χ1) is 20.3. The third-order valence-corrected chi connectivity index (χ3v) is 7.78. The zero-order valence-electron chi connectivity index (χ0n) is 21.8. The van der Waals surface area contributed by atoms with E-state index in [9.17, 15) is 18.8 Å². The van der Waals surface area contributed by atoms with Crippen molar-refractivity contribution >= 4 is 67.4 Å². The lowest BCUT2D eigenvalue weighted by molar-refractivity contribution is -0.120. The largest absolute Gasteiger partial charge is 0.349 e. The van der Waals surface area contributed by atoms with Crippen LogP contribution in [0.15, 0.2) is 97.1 Å². The molecular formula is C31H22ClFN4O4S. The quantitative estimate of drug-likeness (QED) is 0.204. The maximum atomic E-state index is 13.6. The molecule has 1 aliphatic rings. The number of anilines is 3. The van der Waals surface area contributed by atoms with E-state index in [4.69, 9.17) is 16.3 Å². The number of ether oxygens (including phenoxy) is 1. The SMILES string of the molecule is O=C(Nc1nc2ccccc2s1)c1ccc(N(Cc2ccc(F)cc2)C(=O)[C@H]2O[C@@H]2C(=O)Nc2ccc(Cl)cc2)cc1. The highest BCUT2D eigenvalue weighted by molar-refractivity contribution is 7.22. The number of fused-ring (bicyclic) bond motifs is 1. The van der Waals surface area contributed by atoms with Crippen LogP contribution in [0.1, 0.15) is 15.9 Å². The molecule has 0 radical (unpaired) electrons. The van der Waals surface area contributed by atoms with Crippen LogP contribution in [0.2, 0.25) is 5.02 Å². The Bertz CT molecular complexity index is 1750. The van der Waals surface area contributed by atoms with E-state index in [0.29, 0.717) is 32.7 Å². The average molecular weight is 601 g/mol. The zero-order chi connectivity index (χ0) is 29.2. The molecule has 1 saturated heterocycles. The van der Waals surface area contributed by atoms with E-state index < -0.39 is 29.8 Å². The van der Waals surface area contributed by atoms with Gasteiger partial charge >= 0.3 is 0 Å². The summed E-state index contributed by atoms with van der Waals surface area (Å²) >= 11 is 7.27. The molecule has 2 atom stereocenters. The van der Waals surface area contributed by atoms with Crippen molar-refractivity contribution in [1.29, 1.82) is 0 Å². The number of aromatic nitrogens is 1. The second-order valence-corrected chi connectivity index (χ2v) is 11.0. The third kappa shape index (κ3) is 6.15. The van der Waals surface area contributed by atoms with Crippen LogP contribution in [0.3, 0.4) is 0 Å². The minimum absolute atomic E-state index is 0.0990. The van der Waals surface area contributed by atoms with Crippen LogP contribution < -0.4 is 15.5 Å². The molecule has 210 valence electrons. The summed E-state index contributed by atoms with van der Waals surface area (Å²) in [6, 6.07) is 26.4. The van der Waals surface area contributed by atoms with E-state index in [-0.39, 0.29) is 12.5 Å². The second-order valence-electron chi connectivity index (χ2n) is 9.51. The predicted molar refractivity (Wildman–Crippen MR) is 160 cm³/mol. The Balaban J connectivity index is 1.18. The number of carbonyl (C=O) groups is 3. The number of para-hydroxylation sites is 1. The topological polar surface area (TPSA) is 104 Å². The van der Waals surface area contributed by atoms with Crippen molar-refractivity contribution < 1.29 is 23.5 Å². The summed E-state index contributed by atoms with van der Waals surface area (Å²) < 4.78 is 20.0. The molecular weight excluding hydrogens is 579 g/mol. The molecule has 0 bridgehead atoms. The summed E-state index contributed by atoms with van der Waals surface area (Å²) in [7, 11) is 0. The molecule has 1 aliphatic heterocycles. The summed E-state index contributed by atoms with van der Waals surface area (Å²) in [6.45, 7) is 0.0990. The first-order valence-corrected chi connectivity index (χ1v) is 14.1. The predicted octanol–water partition coefficient (Wildman–Crippen LogP) is 6.28. The van der Waals surface area contributed by atoms with Crippen LogP contribution >= 0.6 is 22.9 Å². The Morgan fingerprint density at radius 1 is 0.881 bits per heavy atom. The molecule has 2 heterocycles. The fourth-order valence-corrected chi connectivity index (χ4v) is 5.34. The first-order valence-electron chi connectivity index (χ1n) is 12.9. The Morgan fingerprint density at radius 2 is 1.60 bits per heavy atom. The summed E-state index contributed by atoms with van der Waals surface area (Å²) in [5, 5.41) is 6.54. The van der Waals surface area contributed by atoms with Gasteiger partial charge < -0.3 is 15.0 Å². The molecule has 11 heteroatoms. The Labute approximate surface area is 248 Å². The smallest absolute Gasteiger partial charge is 0.259 e. The van der Waals surface area contributed by atoms with Crippen LogP contribution in [0.4, 0.5) is 20.9 Å². The van der Waals surface area contributed by atoms with Gasteiger partial charge in [0, 0.05) is 22.0 Å². The monoisotopic (exact) mass is 600 g/mol. The van der Waals surface area contributed by atoms with Crippen molar-refractivity contribution in [3.05, 3.63) is 119 Å². The van der Waals surface area contributed by atoms with E-state index in [1.165, 1.54) is 28.4 Å². The van der Waals surface area contributed by atoms with E-state index >= 15 is 0 Å². The highest BCUT2D eigenvalue weighted by atomic mass is 35.5. The number of nitrogens with zero attached hydrogens (tertiary/aromatic N) is 2. The molecule has 5 aromatic rings. The third-order valence-electron chi connectivity index (χ3n) is 6.58. The van der Waals surface area contributed by atoms with Crippen LogP contribution in [0.25, 0.3) is 10.2 Å². The Morgan fingerprint density at radius 3 is 2.31 bits per heavy atom. The van der Waals surface area contributed by atoms with Crippen LogP contribution in [0.5, 0.6) is 0 Å². The van der Waals surface area contributed by atoms with Gasteiger partial charge in [0.1, 0.15) is 5.82 Å². The minimum Gasteiger partial charge on any atom is -0.349 e. The first kappa shape index (κ1) is 27.5. The van der Waals surface area contributed by atoms with Crippen molar-refractivity contribution in [2.24, 2.45) is 0 Å².